The number of nitrogens with one attached hydrogen (secondary N) is 1. The Morgan fingerprint density at radius 1 is 1.18 bits per heavy atom. The number of hydrogen-bond acceptors (Lipinski definition) is 2. The lowest BCUT2D eigenvalue weighted by atomic mass is 9.44. The first-order chi connectivity index (χ1) is 13.1. The quantitative estimate of drug-likeness (QED) is 0.357. The van der Waals surface area contributed by atoms with Crippen LogP contribution in [0.4, 0.5) is 0 Å². The van der Waals surface area contributed by atoms with Gasteiger partial charge in [-0.1, -0.05) is 45.8 Å². The third-order valence-electron chi connectivity index (χ3n) is 7.53. The van der Waals surface area contributed by atoms with Gasteiger partial charge in [0.2, 0.25) is 5.91 Å². The van der Waals surface area contributed by atoms with E-state index in [4.69, 9.17) is 0 Å². The van der Waals surface area contributed by atoms with Crippen LogP contribution in [0.5, 0.6) is 0 Å². The molecule has 4 nitrogen and oxygen atoms in total. The third-order valence-corrected chi connectivity index (χ3v) is 7.53. The smallest absolute Gasteiger partial charge is 0.309 e. The summed E-state index contributed by atoms with van der Waals surface area (Å²) in [5.74, 6) is 1.36. The highest BCUT2D eigenvalue weighted by Crippen LogP contribution is 2.61. The molecule has 2 N–H and O–H groups in total. The van der Waals surface area contributed by atoms with E-state index in [1.54, 1.807) is 13.8 Å². The van der Waals surface area contributed by atoms with E-state index in [-0.39, 0.29) is 11.9 Å². The van der Waals surface area contributed by atoms with Crippen LogP contribution in [0.25, 0.3) is 0 Å². The molecule has 0 aromatic rings. The van der Waals surface area contributed by atoms with Gasteiger partial charge >= 0.3 is 5.97 Å². The lowest BCUT2D eigenvalue weighted by Crippen LogP contribution is -2.63. The van der Waals surface area contributed by atoms with E-state index in [1.165, 1.54) is 12.8 Å². The number of carboxylic acid groups (broad SMARTS) is 1. The van der Waals surface area contributed by atoms with Gasteiger partial charge in [-0.15, -0.1) is 0 Å². The number of rotatable bonds is 11. The van der Waals surface area contributed by atoms with Crippen molar-refractivity contribution in [3.63, 3.8) is 0 Å². The van der Waals surface area contributed by atoms with E-state index >= 15 is 0 Å². The standard InChI is InChI=1S/C24H41NO3/c1-6-7-9-13-20(26)25-21-17(15-18-16-19(21)24(18,4)5)12-10-8-11-14-23(2,3)22(27)28/h8,10,17-19,21H,6-7,9,11-16H2,1-5H3,(H,25,26)(H,27,28)/b10-8-/t17-,18+,19+,21+/m0/s1. The zero-order chi connectivity index (χ0) is 20.9. The first kappa shape index (κ1) is 23.0. The molecule has 160 valence electrons. The van der Waals surface area contributed by atoms with Crippen molar-refractivity contribution in [3.05, 3.63) is 12.2 Å². The number of amides is 1. The van der Waals surface area contributed by atoms with Gasteiger partial charge in [-0.25, -0.2) is 0 Å². The lowest BCUT2D eigenvalue weighted by Gasteiger charge is -2.62. The summed E-state index contributed by atoms with van der Waals surface area (Å²) in [6, 6.07) is 0.286. The fourth-order valence-corrected chi connectivity index (χ4v) is 5.10. The van der Waals surface area contributed by atoms with E-state index in [0.29, 0.717) is 30.1 Å². The van der Waals surface area contributed by atoms with Crippen LogP contribution >= 0.6 is 0 Å². The third kappa shape index (κ3) is 5.39. The molecule has 3 fully saturated rings. The lowest BCUT2D eigenvalue weighted by molar-refractivity contribution is -0.147. The van der Waals surface area contributed by atoms with Crippen molar-refractivity contribution < 1.29 is 14.7 Å². The zero-order valence-corrected chi connectivity index (χ0v) is 18.6. The Morgan fingerprint density at radius 2 is 1.89 bits per heavy atom. The van der Waals surface area contributed by atoms with E-state index < -0.39 is 11.4 Å². The second kappa shape index (κ2) is 9.45. The molecule has 0 unspecified atom stereocenters. The van der Waals surface area contributed by atoms with Crippen LogP contribution < -0.4 is 5.32 Å². The molecule has 4 atom stereocenters. The fraction of sp³-hybridized carbons (Fsp3) is 0.833. The molecule has 0 aliphatic heterocycles. The summed E-state index contributed by atoms with van der Waals surface area (Å²) >= 11 is 0. The van der Waals surface area contributed by atoms with Crippen LogP contribution in [0, 0.1) is 28.6 Å². The summed E-state index contributed by atoms with van der Waals surface area (Å²) in [4.78, 5) is 23.7. The molecule has 0 saturated heterocycles. The topological polar surface area (TPSA) is 66.4 Å². The summed E-state index contributed by atoms with van der Waals surface area (Å²) in [7, 11) is 0. The van der Waals surface area contributed by atoms with E-state index in [2.05, 4.69) is 38.2 Å². The number of aliphatic carboxylic acids is 1. The molecule has 3 saturated carbocycles. The second-order valence-corrected chi connectivity index (χ2v) is 10.3. The average molecular weight is 392 g/mol. The monoisotopic (exact) mass is 391 g/mol. The minimum Gasteiger partial charge on any atom is -0.481 e. The molecule has 3 rings (SSSR count). The summed E-state index contributed by atoms with van der Waals surface area (Å²) in [5.41, 5.74) is -0.330. The first-order valence-electron chi connectivity index (χ1n) is 11.3. The minimum absolute atomic E-state index is 0.219. The van der Waals surface area contributed by atoms with E-state index in [1.807, 2.05) is 0 Å². The van der Waals surface area contributed by atoms with Crippen molar-refractivity contribution in [2.75, 3.05) is 0 Å². The molecular formula is C24H41NO3. The Labute approximate surface area is 171 Å². The molecule has 28 heavy (non-hydrogen) atoms. The molecule has 1 amide bonds. The average Bonchev–Trinajstić information content (AvgIpc) is 2.62. The van der Waals surface area contributed by atoms with E-state index in [0.717, 1.165) is 38.0 Å². The van der Waals surface area contributed by atoms with Crippen molar-refractivity contribution in [2.24, 2.45) is 28.6 Å². The molecule has 0 spiro atoms. The minimum atomic E-state index is -0.735. The Bertz CT molecular complexity index is 578. The SMILES string of the molecule is CCCCCC(=O)N[C@@H]1[C@@H](C/C=C\CCC(C)(C)C(=O)O)C[C@@H]2C[C@H]1C2(C)C. The summed E-state index contributed by atoms with van der Waals surface area (Å²) in [6.45, 7) is 10.5. The first-order valence-corrected chi connectivity index (χ1v) is 11.3. The Morgan fingerprint density at radius 3 is 2.50 bits per heavy atom. The normalized spacial score (nSPS) is 28.8. The molecule has 0 heterocycles. The molecule has 2 bridgehead atoms. The Kier molecular flexibility index (Phi) is 7.75. The van der Waals surface area contributed by atoms with Gasteiger partial charge in [0.05, 0.1) is 5.41 Å². The number of allylic oxidation sites excluding steroid dienone is 2. The van der Waals surface area contributed by atoms with Gasteiger partial charge in [-0.3, -0.25) is 9.59 Å². The highest BCUT2D eigenvalue weighted by atomic mass is 16.4. The van der Waals surface area contributed by atoms with Gasteiger partial charge in [-0.2, -0.15) is 0 Å². The van der Waals surface area contributed by atoms with Crippen LogP contribution in [-0.2, 0) is 9.59 Å². The van der Waals surface area contributed by atoms with Crippen molar-refractivity contribution in [3.8, 4) is 0 Å². The maximum Gasteiger partial charge on any atom is 0.309 e. The number of hydrogen-bond donors (Lipinski definition) is 2. The summed E-state index contributed by atoms with van der Waals surface area (Å²) in [6.07, 6.45) is 13.1. The predicted octanol–water partition coefficient (Wildman–Crippen LogP) is 5.57. The van der Waals surface area contributed by atoms with Gasteiger partial charge in [0.1, 0.15) is 0 Å². The zero-order valence-electron chi connectivity index (χ0n) is 18.6. The molecule has 0 radical (unpaired) electrons. The Hall–Kier alpha value is -1.32. The van der Waals surface area contributed by atoms with Gasteiger partial charge in [0.25, 0.3) is 0 Å². The molecule has 3 aliphatic carbocycles. The largest absolute Gasteiger partial charge is 0.481 e. The van der Waals surface area contributed by atoms with Crippen LogP contribution in [-0.4, -0.2) is 23.0 Å². The van der Waals surface area contributed by atoms with Crippen molar-refractivity contribution >= 4 is 11.9 Å². The number of unbranched alkanes of at least 4 members (excludes halogenated alkanes) is 2. The van der Waals surface area contributed by atoms with Gasteiger partial charge in [0, 0.05) is 12.5 Å². The number of carbonyl (C=O) groups is 2. The summed E-state index contributed by atoms with van der Waals surface area (Å²) < 4.78 is 0. The maximum absolute atomic E-state index is 12.5. The van der Waals surface area contributed by atoms with Crippen molar-refractivity contribution in [1.29, 1.82) is 0 Å². The highest BCUT2D eigenvalue weighted by Gasteiger charge is 2.57. The van der Waals surface area contributed by atoms with Crippen molar-refractivity contribution in [2.45, 2.75) is 98.4 Å². The molecular weight excluding hydrogens is 350 g/mol. The number of carboxylic acids is 1. The number of fused-ring (bicyclic) bond motifs is 2. The van der Waals surface area contributed by atoms with Crippen molar-refractivity contribution in [1.82, 2.24) is 5.32 Å². The van der Waals surface area contributed by atoms with Gasteiger partial charge < -0.3 is 10.4 Å². The van der Waals surface area contributed by atoms with Crippen LogP contribution in [0.15, 0.2) is 12.2 Å². The molecule has 0 aromatic carbocycles. The second-order valence-electron chi connectivity index (χ2n) is 10.3. The van der Waals surface area contributed by atoms with Crippen LogP contribution in [0.1, 0.15) is 92.4 Å². The molecule has 0 aromatic heterocycles. The van der Waals surface area contributed by atoms with Gasteiger partial charge in [0.15, 0.2) is 0 Å². The maximum atomic E-state index is 12.5. The fourth-order valence-electron chi connectivity index (χ4n) is 5.10. The predicted molar refractivity (Wildman–Crippen MR) is 114 cm³/mol. The summed E-state index contributed by atoms with van der Waals surface area (Å²) in [5, 5.41) is 12.6. The van der Waals surface area contributed by atoms with Crippen LogP contribution in [0.3, 0.4) is 0 Å². The molecule has 4 heteroatoms. The highest BCUT2D eigenvalue weighted by molar-refractivity contribution is 5.76. The van der Waals surface area contributed by atoms with E-state index in [9.17, 15) is 14.7 Å². The Balaban J connectivity index is 1.89. The molecule has 3 aliphatic rings. The van der Waals surface area contributed by atoms with Crippen LogP contribution in [0.2, 0.25) is 0 Å². The van der Waals surface area contributed by atoms with Gasteiger partial charge in [-0.05, 0) is 75.5 Å². The number of carbonyl (C=O) groups excluding carboxylic acids is 1.